The van der Waals surface area contributed by atoms with Crippen LogP contribution < -0.4 is 0 Å². The van der Waals surface area contributed by atoms with E-state index in [0.717, 1.165) is 31.4 Å². The molecule has 1 unspecified atom stereocenters. The third kappa shape index (κ3) is 3.51. The van der Waals surface area contributed by atoms with Gasteiger partial charge in [0.1, 0.15) is 0 Å². The Labute approximate surface area is 102 Å². The van der Waals surface area contributed by atoms with E-state index in [1.807, 2.05) is 0 Å². The van der Waals surface area contributed by atoms with Gasteiger partial charge in [0.15, 0.2) is 5.69 Å². The molecule has 0 radical (unpaired) electrons. The quantitative estimate of drug-likeness (QED) is 0.712. The molecule has 1 heterocycles. The van der Waals surface area contributed by atoms with Crippen LogP contribution >= 0.6 is 0 Å². The monoisotopic (exact) mass is 236 g/mol. The molecule has 1 atom stereocenters. The molecule has 1 rings (SSSR count). The molecule has 0 spiro atoms. The lowest BCUT2D eigenvalue weighted by Crippen LogP contribution is -2.13. The lowest BCUT2D eigenvalue weighted by atomic mass is 9.94. The van der Waals surface area contributed by atoms with Crippen molar-refractivity contribution in [3.8, 4) is 0 Å². The number of hydrogen-bond acceptors (Lipinski definition) is 4. The molecular formula is C13H20N2O2. The summed E-state index contributed by atoms with van der Waals surface area (Å²) < 4.78 is 4.73. The Bertz CT molecular complexity index is 366. The predicted octanol–water partition coefficient (Wildman–Crippen LogP) is 2.95. The summed E-state index contributed by atoms with van der Waals surface area (Å²) in [5, 5.41) is 0. The van der Waals surface area contributed by atoms with E-state index in [2.05, 4.69) is 23.8 Å². The average molecular weight is 236 g/mol. The molecule has 0 aromatic carbocycles. The van der Waals surface area contributed by atoms with E-state index >= 15 is 0 Å². The number of nitrogens with zero attached hydrogens (tertiary/aromatic N) is 2. The van der Waals surface area contributed by atoms with Crippen LogP contribution in [0.3, 0.4) is 0 Å². The molecule has 17 heavy (non-hydrogen) atoms. The predicted molar refractivity (Wildman–Crippen MR) is 65.9 cm³/mol. The second kappa shape index (κ2) is 6.99. The normalized spacial score (nSPS) is 12.2. The van der Waals surface area contributed by atoms with Gasteiger partial charge in [-0.05, 0) is 12.8 Å². The van der Waals surface area contributed by atoms with Gasteiger partial charge >= 0.3 is 5.97 Å². The maximum Gasteiger partial charge on any atom is 0.358 e. The Morgan fingerprint density at radius 3 is 2.65 bits per heavy atom. The Morgan fingerprint density at radius 1 is 1.35 bits per heavy atom. The van der Waals surface area contributed by atoms with Gasteiger partial charge in [-0.2, -0.15) is 0 Å². The Morgan fingerprint density at radius 2 is 2.06 bits per heavy atom. The largest absolute Gasteiger partial charge is 0.464 e. The van der Waals surface area contributed by atoms with Crippen molar-refractivity contribution in [2.75, 3.05) is 7.11 Å². The first-order valence-corrected chi connectivity index (χ1v) is 6.13. The first-order chi connectivity index (χ1) is 8.24. The Hall–Kier alpha value is -1.45. The second-order valence-corrected chi connectivity index (χ2v) is 4.03. The first kappa shape index (κ1) is 13.6. The molecule has 1 aromatic heterocycles. The van der Waals surface area contributed by atoms with Gasteiger partial charge in [0.25, 0.3) is 0 Å². The fraction of sp³-hybridized carbons (Fsp3) is 0.615. The molecular weight excluding hydrogens is 216 g/mol. The second-order valence-electron chi connectivity index (χ2n) is 4.03. The van der Waals surface area contributed by atoms with Crippen LogP contribution in [0.2, 0.25) is 0 Å². The number of hydrogen-bond donors (Lipinski definition) is 0. The van der Waals surface area contributed by atoms with Crippen LogP contribution in [0.5, 0.6) is 0 Å². The van der Waals surface area contributed by atoms with E-state index in [-0.39, 0.29) is 5.92 Å². The lowest BCUT2D eigenvalue weighted by Gasteiger charge is -2.15. The van der Waals surface area contributed by atoms with Crippen LogP contribution in [0.25, 0.3) is 0 Å². The zero-order chi connectivity index (χ0) is 12.7. The maximum atomic E-state index is 11.6. The molecule has 0 N–H and O–H groups in total. The van der Waals surface area contributed by atoms with Crippen LogP contribution in [0.1, 0.15) is 61.6 Å². The third-order valence-corrected chi connectivity index (χ3v) is 2.89. The molecule has 4 heteroatoms. The van der Waals surface area contributed by atoms with Gasteiger partial charge in [-0.3, -0.25) is 4.98 Å². The minimum Gasteiger partial charge on any atom is -0.464 e. The van der Waals surface area contributed by atoms with Crippen LogP contribution in [0.15, 0.2) is 12.4 Å². The van der Waals surface area contributed by atoms with Crippen molar-refractivity contribution >= 4 is 5.97 Å². The minimum atomic E-state index is -0.400. The lowest BCUT2D eigenvalue weighted by molar-refractivity contribution is 0.0591. The van der Waals surface area contributed by atoms with E-state index in [1.54, 1.807) is 6.20 Å². The summed E-state index contributed by atoms with van der Waals surface area (Å²) in [5.41, 5.74) is 1.13. The average Bonchev–Trinajstić information content (AvgIpc) is 2.39. The van der Waals surface area contributed by atoms with Gasteiger partial charge in [-0.25, -0.2) is 9.78 Å². The maximum absolute atomic E-state index is 11.6. The van der Waals surface area contributed by atoms with E-state index < -0.39 is 5.97 Å². The van der Waals surface area contributed by atoms with Gasteiger partial charge in [0.05, 0.1) is 12.8 Å². The van der Waals surface area contributed by atoms with Gasteiger partial charge in [-0.15, -0.1) is 0 Å². The van der Waals surface area contributed by atoms with Gasteiger partial charge < -0.3 is 4.74 Å². The summed E-state index contributed by atoms with van der Waals surface area (Å²) in [5.74, 6) is -0.110. The molecule has 0 amide bonds. The highest BCUT2D eigenvalue weighted by molar-refractivity contribution is 5.88. The number of carbonyl (C=O) groups is 1. The topological polar surface area (TPSA) is 52.1 Å². The van der Waals surface area contributed by atoms with Crippen LogP contribution in [-0.4, -0.2) is 23.0 Å². The number of unbranched alkanes of at least 4 members (excludes halogenated alkanes) is 1. The zero-order valence-electron chi connectivity index (χ0n) is 10.8. The summed E-state index contributed by atoms with van der Waals surface area (Å²) in [6.45, 7) is 4.26. The van der Waals surface area contributed by atoms with Crippen LogP contribution in [0.4, 0.5) is 0 Å². The molecule has 0 fully saturated rings. The number of ether oxygens (including phenoxy) is 1. The standard InChI is InChI=1S/C13H20N2O2/c1-4-6-7-10(5-2)11-12(13(16)17-3)15-9-8-14-11/h8-10H,4-7H2,1-3H3. The summed E-state index contributed by atoms with van der Waals surface area (Å²) in [7, 11) is 1.37. The van der Waals surface area contributed by atoms with Gasteiger partial charge in [0, 0.05) is 18.3 Å². The number of rotatable bonds is 6. The van der Waals surface area contributed by atoms with Crippen LogP contribution in [-0.2, 0) is 4.74 Å². The van der Waals surface area contributed by atoms with Gasteiger partial charge in [0.2, 0.25) is 0 Å². The Kier molecular flexibility index (Phi) is 5.60. The highest BCUT2D eigenvalue weighted by Crippen LogP contribution is 2.25. The van der Waals surface area contributed by atoms with Crippen molar-refractivity contribution in [3.63, 3.8) is 0 Å². The third-order valence-electron chi connectivity index (χ3n) is 2.89. The minimum absolute atomic E-state index is 0.290. The highest BCUT2D eigenvalue weighted by Gasteiger charge is 2.20. The van der Waals surface area contributed by atoms with E-state index in [0.29, 0.717) is 5.69 Å². The molecule has 0 aliphatic carbocycles. The van der Waals surface area contributed by atoms with Crippen molar-refractivity contribution < 1.29 is 9.53 Å². The van der Waals surface area contributed by atoms with Crippen molar-refractivity contribution in [2.45, 2.75) is 45.4 Å². The number of esters is 1. The molecule has 1 aromatic rings. The summed E-state index contributed by atoms with van der Waals surface area (Å²) in [6.07, 6.45) is 7.44. The van der Waals surface area contributed by atoms with E-state index in [9.17, 15) is 4.79 Å². The molecule has 94 valence electrons. The molecule has 0 saturated carbocycles. The molecule has 4 nitrogen and oxygen atoms in total. The molecule has 0 bridgehead atoms. The molecule has 0 saturated heterocycles. The van der Waals surface area contributed by atoms with Crippen LogP contribution in [0, 0.1) is 0 Å². The summed E-state index contributed by atoms with van der Waals surface area (Å²) >= 11 is 0. The van der Waals surface area contributed by atoms with Crippen molar-refractivity contribution in [1.82, 2.24) is 9.97 Å². The first-order valence-electron chi connectivity index (χ1n) is 6.13. The smallest absolute Gasteiger partial charge is 0.358 e. The Balaban J connectivity index is 2.97. The van der Waals surface area contributed by atoms with Gasteiger partial charge in [-0.1, -0.05) is 26.7 Å². The summed E-state index contributed by atoms with van der Waals surface area (Å²) in [6, 6.07) is 0. The van der Waals surface area contributed by atoms with E-state index in [1.165, 1.54) is 13.3 Å². The van der Waals surface area contributed by atoms with Crippen molar-refractivity contribution in [3.05, 3.63) is 23.8 Å². The van der Waals surface area contributed by atoms with Crippen molar-refractivity contribution in [1.29, 1.82) is 0 Å². The molecule has 0 aliphatic rings. The molecule has 0 aliphatic heterocycles. The number of aromatic nitrogens is 2. The van der Waals surface area contributed by atoms with Crippen molar-refractivity contribution in [2.24, 2.45) is 0 Å². The van der Waals surface area contributed by atoms with E-state index in [4.69, 9.17) is 4.74 Å². The fourth-order valence-electron chi connectivity index (χ4n) is 1.89. The summed E-state index contributed by atoms with van der Waals surface area (Å²) in [4.78, 5) is 20.0. The SMILES string of the molecule is CCCCC(CC)c1nccnc1C(=O)OC. The fourth-order valence-corrected chi connectivity index (χ4v) is 1.89. The number of carbonyl (C=O) groups excluding carboxylic acids is 1. The number of methoxy groups -OCH3 is 1. The zero-order valence-corrected chi connectivity index (χ0v) is 10.8. The highest BCUT2D eigenvalue weighted by atomic mass is 16.5.